The van der Waals surface area contributed by atoms with Crippen molar-refractivity contribution in [1.29, 1.82) is 0 Å². The van der Waals surface area contributed by atoms with Crippen molar-refractivity contribution >= 4 is 12.1 Å². The number of amides is 1. The molecule has 0 atom stereocenters. The number of fused-ring (bicyclic) bond motifs is 1. The van der Waals surface area contributed by atoms with Crippen LogP contribution in [-0.2, 0) is 13.5 Å². The monoisotopic (exact) mass is 149 g/mol. The highest BCUT2D eigenvalue weighted by atomic mass is 16.1. The Morgan fingerprint density at radius 2 is 2.45 bits per heavy atom. The summed E-state index contributed by atoms with van der Waals surface area (Å²) in [5.74, 6) is -0.189. The summed E-state index contributed by atoms with van der Waals surface area (Å²) in [4.78, 5) is 18.8. The van der Waals surface area contributed by atoms with Gasteiger partial charge in [0.05, 0.1) is 12.0 Å². The van der Waals surface area contributed by atoms with Gasteiger partial charge in [0.1, 0.15) is 5.69 Å². The number of carbonyl (C=O) groups excluding carboxylic acids is 1. The van der Waals surface area contributed by atoms with Crippen molar-refractivity contribution in [2.45, 2.75) is 6.42 Å². The van der Waals surface area contributed by atoms with Crippen molar-refractivity contribution in [3.63, 3.8) is 0 Å². The third kappa shape index (κ3) is 0.790. The first kappa shape index (κ1) is 6.27. The Morgan fingerprint density at radius 1 is 1.64 bits per heavy atom. The lowest BCUT2D eigenvalue weighted by Gasteiger charge is -2.02. The lowest BCUT2D eigenvalue weighted by atomic mass is 10.2. The smallest absolute Gasteiger partial charge is 0.295 e. The molecule has 0 aromatic carbocycles. The Hall–Kier alpha value is -1.45. The molecule has 0 spiro atoms. The summed E-state index contributed by atoms with van der Waals surface area (Å²) in [7, 11) is 1.80. The van der Waals surface area contributed by atoms with E-state index in [4.69, 9.17) is 0 Å². The molecule has 2 heterocycles. The molecule has 0 fully saturated rings. The molecule has 2 rings (SSSR count). The molecule has 0 N–H and O–H groups in total. The molecule has 0 saturated heterocycles. The molecule has 1 aromatic rings. The zero-order chi connectivity index (χ0) is 7.84. The Morgan fingerprint density at radius 3 is 3.18 bits per heavy atom. The van der Waals surface area contributed by atoms with Gasteiger partial charge in [-0.25, -0.2) is 9.98 Å². The number of aliphatic imine (C=N–C) groups is 1. The van der Waals surface area contributed by atoms with Gasteiger partial charge in [0, 0.05) is 19.7 Å². The van der Waals surface area contributed by atoms with Crippen LogP contribution in [0.3, 0.4) is 0 Å². The number of carbonyl (C=O) groups is 1. The van der Waals surface area contributed by atoms with E-state index in [1.165, 1.54) is 0 Å². The zero-order valence-electron chi connectivity index (χ0n) is 6.11. The van der Waals surface area contributed by atoms with Crippen LogP contribution in [-0.4, -0.2) is 21.7 Å². The van der Waals surface area contributed by atoms with Gasteiger partial charge >= 0.3 is 0 Å². The highest BCUT2D eigenvalue weighted by Crippen LogP contribution is 2.11. The second-order valence-corrected chi connectivity index (χ2v) is 2.47. The summed E-state index contributed by atoms with van der Waals surface area (Å²) in [5.41, 5.74) is 1.44. The van der Waals surface area contributed by atoms with E-state index in [9.17, 15) is 4.79 Å². The van der Waals surface area contributed by atoms with Gasteiger partial charge in [0.25, 0.3) is 5.91 Å². The van der Waals surface area contributed by atoms with Crippen molar-refractivity contribution in [3.8, 4) is 0 Å². The topological polar surface area (TPSA) is 47.2 Å². The minimum absolute atomic E-state index is 0.189. The molecular weight excluding hydrogens is 142 g/mol. The second-order valence-electron chi connectivity index (χ2n) is 2.47. The van der Waals surface area contributed by atoms with E-state index in [1.807, 2.05) is 0 Å². The molecule has 4 nitrogen and oxygen atoms in total. The number of nitrogens with zero attached hydrogens (tertiary/aromatic N) is 3. The van der Waals surface area contributed by atoms with Crippen molar-refractivity contribution in [2.24, 2.45) is 12.0 Å². The van der Waals surface area contributed by atoms with Gasteiger partial charge in [-0.3, -0.25) is 4.79 Å². The summed E-state index contributed by atoms with van der Waals surface area (Å²) in [5, 5.41) is 0. The number of hydrogen-bond acceptors (Lipinski definition) is 2. The van der Waals surface area contributed by atoms with E-state index in [2.05, 4.69) is 9.98 Å². The van der Waals surface area contributed by atoms with E-state index in [0.717, 1.165) is 5.69 Å². The van der Waals surface area contributed by atoms with Crippen LogP contribution in [0.5, 0.6) is 0 Å². The van der Waals surface area contributed by atoms with Crippen LogP contribution in [0.25, 0.3) is 0 Å². The lowest BCUT2D eigenvalue weighted by molar-refractivity contribution is 0.0993. The molecule has 1 amide bonds. The molecule has 11 heavy (non-hydrogen) atoms. The fourth-order valence-corrected chi connectivity index (χ4v) is 1.18. The highest BCUT2D eigenvalue weighted by molar-refractivity contribution is 6.01. The van der Waals surface area contributed by atoms with Gasteiger partial charge in [-0.15, -0.1) is 0 Å². The SMILES string of the molecule is Cn1cnc2c1C(=O)N=CC2. The molecule has 0 radical (unpaired) electrons. The Kier molecular flexibility index (Phi) is 1.15. The summed E-state index contributed by atoms with van der Waals surface area (Å²) >= 11 is 0. The van der Waals surface area contributed by atoms with Crippen molar-refractivity contribution < 1.29 is 4.79 Å². The van der Waals surface area contributed by atoms with Gasteiger partial charge < -0.3 is 4.57 Å². The first-order valence-corrected chi connectivity index (χ1v) is 3.36. The predicted octanol–water partition coefficient (Wildman–Crippen LogP) is 0.187. The molecule has 56 valence electrons. The maximum atomic E-state index is 11.1. The van der Waals surface area contributed by atoms with E-state index < -0.39 is 0 Å². The Labute approximate surface area is 63.6 Å². The van der Waals surface area contributed by atoms with Gasteiger partial charge in [-0.05, 0) is 0 Å². The van der Waals surface area contributed by atoms with Gasteiger partial charge in [0.15, 0.2) is 0 Å². The van der Waals surface area contributed by atoms with E-state index >= 15 is 0 Å². The van der Waals surface area contributed by atoms with Crippen LogP contribution in [0, 0.1) is 0 Å². The van der Waals surface area contributed by atoms with Crippen LogP contribution in [0.2, 0.25) is 0 Å². The molecule has 0 bridgehead atoms. The largest absolute Gasteiger partial charge is 0.329 e. The molecule has 1 aliphatic heterocycles. The molecular formula is C7H7N3O. The average Bonchev–Trinajstić information content (AvgIpc) is 2.34. The van der Waals surface area contributed by atoms with Gasteiger partial charge in [-0.1, -0.05) is 0 Å². The quantitative estimate of drug-likeness (QED) is 0.528. The Balaban J connectivity index is 2.63. The summed E-state index contributed by atoms with van der Waals surface area (Å²) in [6, 6.07) is 0. The highest BCUT2D eigenvalue weighted by Gasteiger charge is 2.18. The maximum absolute atomic E-state index is 11.1. The fourth-order valence-electron chi connectivity index (χ4n) is 1.18. The van der Waals surface area contributed by atoms with E-state index in [0.29, 0.717) is 12.1 Å². The third-order valence-corrected chi connectivity index (χ3v) is 1.71. The number of aryl methyl sites for hydroxylation is 1. The fraction of sp³-hybridized carbons (Fsp3) is 0.286. The lowest BCUT2D eigenvalue weighted by Crippen LogP contribution is -2.11. The Bertz CT molecular complexity index is 337. The molecule has 0 unspecified atom stereocenters. The van der Waals surface area contributed by atoms with Crippen LogP contribution in [0.15, 0.2) is 11.3 Å². The number of aromatic nitrogens is 2. The van der Waals surface area contributed by atoms with E-state index in [1.54, 1.807) is 24.2 Å². The minimum atomic E-state index is -0.189. The molecule has 4 heteroatoms. The molecule has 1 aliphatic rings. The maximum Gasteiger partial charge on any atom is 0.295 e. The van der Waals surface area contributed by atoms with Crippen LogP contribution in [0.1, 0.15) is 16.2 Å². The minimum Gasteiger partial charge on any atom is -0.329 e. The first-order valence-electron chi connectivity index (χ1n) is 3.36. The van der Waals surface area contributed by atoms with Gasteiger partial charge in [0.2, 0.25) is 0 Å². The summed E-state index contributed by atoms with van der Waals surface area (Å²) in [6.45, 7) is 0. The molecule has 0 saturated carbocycles. The first-order chi connectivity index (χ1) is 5.29. The van der Waals surface area contributed by atoms with Crippen molar-refractivity contribution in [1.82, 2.24) is 9.55 Å². The van der Waals surface area contributed by atoms with Gasteiger partial charge in [-0.2, -0.15) is 0 Å². The summed E-state index contributed by atoms with van der Waals surface area (Å²) < 4.78 is 1.70. The van der Waals surface area contributed by atoms with Crippen LogP contribution in [0.4, 0.5) is 0 Å². The molecule has 0 aliphatic carbocycles. The van der Waals surface area contributed by atoms with Crippen LogP contribution < -0.4 is 0 Å². The average molecular weight is 149 g/mol. The van der Waals surface area contributed by atoms with Crippen LogP contribution >= 0.6 is 0 Å². The van der Waals surface area contributed by atoms with E-state index in [-0.39, 0.29) is 5.91 Å². The number of rotatable bonds is 0. The predicted molar refractivity (Wildman–Crippen MR) is 39.7 cm³/mol. The number of imidazole rings is 1. The van der Waals surface area contributed by atoms with Crippen molar-refractivity contribution in [3.05, 3.63) is 17.7 Å². The third-order valence-electron chi connectivity index (χ3n) is 1.71. The summed E-state index contributed by atoms with van der Waals surface area (Å²) in [6.07, 6.45) is 3.90. The normalized spacial score (nSPS) is 15.2. The zero-order valence-corrected chi connectivity index (χ0v) is 6.11. The second kappa shape index (κ2) is 2.02. The van der Waals surface area contributed by atoms with Crippen molar-refractivity contribution in [2.75, 3.05) is 0 Å². The molecule has 1 aromatic heterocycles. The number of hydrogen-bond donors (Lipinski definition) is 0. The standard InChI is InChI=1S/C7H7N3O/c1-10-4-9-5-2-3-8-7(11)6(5)10/h3-4H,2H2,1H3.